The predicted octanol–water partition coefficient (Wildman–Crippen LogP) is 3.15. The Kier molecular flexibility index (Phi) is 5.33. The van der Waals surface area contributed by atoms with Crippen molar-refractivity contribution >= 4 is 0 Å². The summed E-state index contributed by atoms with van der Waals surface area (Å²) >= 11 is 0. The number of aromatic nitrogens is 2. The molecular formula is C16H22FN3O. The standard InChI is InChI=1S/C16H22FN3O/c1-11-13(10-19-20-11)6-5-9-18-12(2)16-14(17)7-4-8-15(16)21-3/h4,7-8,10,12,18H,5-6,9H2,1-3H3,(H,19,20)/t12-/m1/s1. The van der Waals surface area contributed by atoms with Crippen LogP contribution in [0.5, 0.6) is 5.75 Å². The first-order chi connectivity index (χ1) is 10.1. The highest BCUT2D eigenvalue weighted by molar-refractivity contribution is 5.36. The van der Waals surface area contributed by atoms with E-state index in [0.717, 1.165) is 25.1 Å². The van der Waals surface area contributed by atoms with Crippen LogP contribution in [0.1, 0.15) is 36.2 Å². The average Bonchev–Trinajstić information content (AvgIpc) is 2.88. The molecule has 0 fully saturated rings. The molecule has 21 heavy (non-hydrogen) atoms. The number of nitrogens with zero attached hydrogens (tertiary/aromatic N) is 1. The lowest BCUT2D eigenvalue weighted by Crippen LogP contribution is -2.21. The van der Waals surface area contributed by atoms with Crippen LogP contribution in [0.25, 0.3) is 0 Å². The second kappa shape index (κ2) is 7.22. The van der Waals surface area contributed by atoms with Crippen molar-refractivity contribution in [2.45, 2.75) is 32.7 Å². The summed E-state index contributed by atoms with van der Waals surface area (Å²) in [6, 6.07) is 4.81. The highest BCUT2D eigenvalue weighted by Crippen LogP contribution is 2.27. The van der Waals surface area contributed by atoms with Crippen molar-refractivity contribution in [3.63, 3.8) is 0 Å². The summed E-state index contributed by atoms with van der Waals surface area (Å²) in [7, 11) is 1.56. The van der Waals surface area contributed by atoms with Gasteiger partial charge in [0.1, 0.15) is 11.6 Å². The molecule has 0 amide bonds. The van der Waals surface area contributed by atoms with Crippen molar-refractivity contribution in [1.82, 2.24) is 15.5 Å². The van der Waals surface area contributed by atoms with Gasteiger partial charge in [-0.15, -0.1) is 0 Å². The van der Waals surface area contributed by atoms with E-state index >= 15 is 0 Å². The first-order valence-electron chi connectivity index (χ1n) is 7.18. The Balaban J connectivity index is 1.87. The van der Waals surface area contributed by atoms with Gasteiger partial charge in [0.05, 0.1) is 13.3 Å². The molecule has 2 aromatic rings. The van der Waals surface area contributed by atoms with Gasteiger partial charge in [0.25, 0.3) is 0 Å². The van der Waals surface area contributed by atoms with Crippen LogP contribution in [0.3, 0.4) is 0 Å². The number of aryl methyl sites for hydroxylation is 2. The third-order valence-electron chi connectivity index (χ3n) is 3.67. The Hall–Kier alpha value is -1.88. The van der Waals surface area contributed by atoms with E-state index in [1.807, 2.05) is 20.0 Å². The number of halogens is 1. The third-order valence-corrected chi connectivity index (χ3v) is 3.67. The Morgan fingerprint density at radius 2 is 2.24 bits per heavy atom. The summed E-state index contributed by atoms with van der Waals surface area (Å²) in [5, 5.41) is 10.3. The zero-order chi connectivity index (χ0) is 15.2. The lowest BCUT2D eigenvalue weighted by Gasteiger charge is -2.18. The SMILES string of the molecule is COc1cccc(F)c1[C@@H](C)NCCCc1cn[nH]c1C. The van der Waals surface area contributed by atoms with Gasteiger partial charge in [-0.2, -0.15) is 5.10 Å². The monoisotopic (exact) mass is 291 g/mol. The predicted molar refractivity (Wildman–Crippen MR) is 81.0 cm³/mol. The minimum Gasteiger partial charge on any atom is -0.496 e. The van der Waals surface area contributed by atoms with E-state index in [4.69, 9.17) is 4.74 Å². The summed E-state index contributed by atoms with van der Waals surface area (Å²) < 4.78 is 19.2. The molecule has 0 spiro atoms. The lowest BCUT2D eigenvalue weighted by atomic mass is 10.1. The van der Waals surface area contributed by atoms with Crippen LogP contribution < -0.4 is 10.1 Å². The molecule has 0 unspecified atom stereocenters. The molecule has 5 heteroatoms. The van der Waals surface area contributed by atoms with Gasteiger partial charge < -0.3 is 10.1 Å². The average molecular weight is 291 g/mol. The Morgan fingerprint density at radius 1 is 1.43 bits per heavy atom. The van der Waals surface area contributed by atoms with E-state index in [1.165, 1.54) is 11.6 Å². The molecule has 0 bridgehead atoms. The largest absolute Gasteiger partial charge is 0.496 e. The van der Waals surface area contributed by atoms with Crippen LogP contribution in [0, 0.1) is 12.7 Å². The van der Waals surface area contributed by atoms with E-state index in [2.05, 4.69) is 15.5 Å². The second-order valence-corrected chi connectivity index (χ2v) is 5.16. The summed E-state index contributed by atoms with van der Waals surface area (Å²) in [6.07, 6.45) is 3.79. The van der Waals surface area contributed by atoms with Gasteiger partial charge >= 0.3 is 0 Å². The summed E-state index contributed by atoms with van der Waals surface area (Å²) in [6.45, 7) is 4.77. The highest BCUT2D eigenvalue weighted by atomic mass is 19.1. The van der Waals surface area contributed by atoms with Crippen LogP contribution in [-0.2, 0) is 6.42 Å². The summed E-state index contributed by atoms with van der Waals surface area (Å²) in [5.41, 5.74) is 2.92. The number of hydrogen-bond donors (Lipinski definition) is 2. The number of rotatable bonds is 7. The van der Waals surface area contributed by atoms with Crippen LogP contribution in [-0.4, -0.2) is 23.9 Å². The number of benzene rings is 1. The first kappa shape index (κ1) is 15.5. The maximum Gasteiger partial charge on any atom is 0.131 e. The molecule has 0 aliphatic carbocycles. The molecule has 0 saturated carbocycles. The smallest absolute Gasteiger partial charge is 0.131 e. The topological polar surface area (TPSA) is 49.9 Å². The lowest BCUT2D eigenvalue weighted by molar-refractivity contribution is 0.393. The van der Waals surface area contributed by atoms with Gasteiger partial charge in [-0.3, -0.25) is 5.10 Å². The normalized spacial score (nSPS) is 12.4. The molecule has 2 rings (SSSR count). The molecule has 1 aromatic heterocycles. The number of aromatic amines is 1. The molecule has 1 aromatic carbocycles. The summed E-state index contributed by atoms with van der Waals surface area (Å²) in [4.78, 5) is 0. The van der Waals surface area contributed by atoms with E-state index in [9.17, 15) is 4.39 Å². The fraction of sp³-hybridized carbons (Fsp3) is 0.438. The molecule has 0 aliphatic heterocycles. The Morgan fingerprint density at radius 3 is 2.90 bits per heavy atom. The maximum atomic E-state index is 13.9. The Bertz CT molecular complexity index is 583. The van der Waals surface area contributed by atoms with Gasteiger partial charge in [-0.1, -0.05) is 6.07 Å². The van der Waals surface area contributed by atoms with Crippen LogP contribution in [0.4, 0.5) is 4.39 Å². The van der Waals surface area contributed by atoms with E-state index < -0.39 is 0 Å². The fourth-order valence-corrected chi connectivity index (χ4v) is 2.44. The number of methoxy groups -OCH3 is 1. The maximum absolute atomic E-state index is 13.9. The molecule has 2 N–H and O–H groups in total. The van der Waals surface area contributed by atoms with E-state index in [0.29, 0.717) is 11.3 Å². The quantitative estimate of drug-likeness (QED) is 0.770. The summed E-state index contributed by atoms with van der Waals surface area (Å²) in [5.74, 6) is 0.348. The van der Waals surface area contributed by atoms with Crippen molar-refractivity contribution in [2.24, 2.45) is 0 Å². The van der Waals surface area contributed by atoms with Crippen molar-refractivity contribution < 1.29 is 9.13 Å². The number of hydrogen-bond acceptors (Lipinski definition) is 3. The zero-order valence-electron chi connectivity index (χ0n) is 12.7. The molecule has 1 atom stereocenters. The third kappa shape index (κ3) is 3.82. The highest BCUT2D eigenvalue weighted by Gasteiger charge is 2.15. The number of nitrogens with one attached hydrogen (secondary N) is 2. The molecule has 0 radical (unpaired) electrons. The molecule has 4 nitrogen and oxygen atoms in total. The minimum atomic E-state index is -0.236. The molecule has 1 heterocycles. The van der Waals surface area contributed by atoms with E-state index in [1.54, 1.807) is 19.2 Å². The van der Waals surface area contributed by atoms with Gasteiger partial charge in [-0.25, -0.2) is 4.39 Å². The fourth-order valence-electron chi connectivity index (χ4n) is 2.44. The molecular weight excluding hydrogens is 269 g/mol. The zero-order valence-corrected chi connectivity index (χ0v) is 12.7. The number of H-pyrrole nitrogens is 1. The van der Waals surface area contributed by atoms with Gasteiger partial charge in [-0.05, 0) is 50.9 Å². The number of ether oxygens (including phenoxy) is 1. The van der Waals surface area contributed by atoms with Gasteiger partial charge in [0, 0.05) is 17.3 Å². The van der Waals surface area contributed by atoms with Crippen molar-refractivity contribution in [3.8, 4) is 5.75 Å². The molecule has 0 aliphatic rings. The van der Waals surface area contributed by atoms with Gasteiger partial charge in [0.15, 0.2) is 0 Å². The molecule has 114 valence electrons. The van der Waals surface area contributed by atoms with Gasteiger partial charge in [0.2, 0.25) is 0 Å². The van der Waals surface area contributed by atoms with Crippen LogP contribution in [0.2, 0.25) is 0 Å². The minimum absolute atomic E-state index is 0.0911. The van der Waals surface area contributed by atoms with Crippen molar-refractivity contribution in [3.05, 3.63) is 47.0 Å². The molecule has 0 saturated heterocycles. The van der Waals surface area contributed by atoms with Crippen LogP contribution >= 0.6 is 0 Å². The van der Waals surface area contributed by atoms with Crippen molar-refractivity contribution in [2.75, 3.05) is 13.7 Å². The Labute approximate surface area is 124 Å². The van der Waals surface area contributed by atoms with E-state index in [-0.39, 0.29) is 11.9 Å². The first-order valence-corrected chi connectivity index (χ1v) is 7.18. The second-order valence-electron chi connectivity index (χ2n) is 5.16. The van der Waals surface area contributed by atoms with Crippen LogP contribution in [0.15, 0.2) is 24.4 Å². The van der Waals surface area contributed by atoms with Crippen molar-refractivity contribution in [1.29, 1.82) is 0 Å².